The summed E-state index contributed by atoms with van der Waals surface area (Å²) in [6, 6.07) is 5.30. The summed E-state index contributed by atoms with van der Waals surface area (Å²) in [5.74, 6) is -0.163. The van der Waals surface area contributed by atoms with Crippen LogP contribution in [0.5, 0.6) is 0 Å². The van der Waals surface area contributed by atoms with Crippen molar-refractivity contribution >= 4 is 10.9 Å². The molecule has 1 aliphatic rings. The summed E-state index contributed by atoms with van der Waals surface area (Å²) in [5.41, 5.74) is 2.22. The van der Waals surface area contributed by atoms with E-state index >= 15 is 0 Å². The molecule has 3 heteroatoms. The van der Waals surface area contributed by atoms with Crippen LogP contribution >= 0.6 is 0 Å². The SMILES string of the molecule is Fc1ccc2[nH]cc(C3CCCCN3)c2c1. The second kappa shape index (κ2) is 3.91. The van der Waals surface area contributed by atoms with Crippen molar-refractivity contribution in [1.29, 1.82) is 0 Å². The Kier molecular flexibility index (Phi) is 2.40. The van der Waals surface area contributed by atoms with E-state index in [1.165, 1.54) is 24.5 Å². The maximum Gasteiger partial charge on any atom is 0.123 e. The summed E-state index contributed by atoms with van der Waals surface area (Å²) in [7, 11) is 0. The average molecular weight is 218 g/mol. The van der Waals surface area contributed by atoms with Crippen molar-refractivity contribution in [2.75, 3.05) is 6.54 Å². The molecular formula is C13H15FN2. The summed E-state index contributed by atoms with van der Waals surface area (Å²) in [4.78, 5) is 3.21. The van der Waals surface area contributed by atoms with Crippen molar-refractivity contribution in [3.8, 4) is 0 Å². The Bertz CT molecular complexity index is 498. The van der Waals surface area contributed by atoms with Gasteiger partial charge in [0, 0.05) is 23.1 Å². The summed E-state index contributed by atoms with van der Waals surface area (Å²) < 4.78 is 13.2. The number of halogens is 1. The minimum atomic E-state index is -0.163. The van der Waals surface area contributed by atoms with E-state index in [9.17, 15) is 4.39 Å². The van der Waals surface area contributed by atoms with Crippen LogP contribution in [0.2, 0.25) is 0 Å². The van der Waals surface area contributed by atoms with Gasteiger partial charge in [0.15, 0.2) is 0 Å². The Balaban J connectivity index is 2.05. The van der Waals surface area contributed by atoms with E-state index in [4.69, 9.17) is 0 Å². The fraction of sp³-hybridized carbons (Fsp3) is 0.385. The minimum absolute atomic E-state index is 0.163. The van der Waals surface area contributed by atoms with Gasteiger partial charge in [-0.15, -0.1) is 0 Å². The van der Waals surface area contributed by atoms with Gasteiger partial charge in [-0.2, -0.15) is 0 Å². The third-order valence-electron chi connectivity index (χ3n) is 3.36. The average Bonchev–Trinajstić information content (AvgIpc) is 2.73. The van der Waals surface area contributed by atoms with Crippen LogP contribution in [0, 0.1) is 5.82 Å². The van der Waals surface area contributed by atoms with E-state index in [0.717, 1.165) is 23.9 Å². The van der Waals surface area contributed by atoms with Gasteiger partial charge in [0.1, 0.15) is 5.82 Å². The van der Waals surface area contributed by atoms with Gasteiger partial charge in [0.2, 0.25) is 0 Å². The number of aromatic nitrogens is 1. The quantitative estimate of drug-likeness (QED) is 0.756. The number of hydrogen-bond acceptors (Lipinski definition) is 1. The van der Waals surface area contributed by atoms with E-state index in [1.54, 1.807) is 12.1 Å². The molecule has 1 aliphatic heterocycles. The molecule has 84 valence electrons. The van der Waals surface area contributed by atoms with Crippen LogP contribution in [0.1, 0.15) is 30.9 Å². The predicted molar refractivity (Wildman–Crippen MR) is 62.9 cm³/mol. The second-order valence-electron chi connectivity index (χ2n) is 4.44. The summed E-state index contributed by atoms with van der Waals surface area (Å²) in [6.45, 7) is 1.06. The molecule has 2 aromatic rings. The van der Waals surface area contributed by atoms with Gasteiger partial charge in [-0.1, -0.05) is 6.42 Å². The molecule has 3 rings (SSSR count). The molecule has 2 nitrogen and oxygen atoms in total. The number of fused-ring (bicyclic) bond motifs is 1. The number of H-pyrrole nitrogens is 1. The molecule has 0 bridgehead atoms. The van der Waals surface area contributed by atoms with E-state index < -0.39 is 0 Å². The van der Waals surface area contributed by atoms with Gasteiger partial charge < -0.3 is 10.3 Å². The first kappa shape index (κ1) is 9.85. The molecule has 1 aromatic heterocycles. The largest absolute Gasteiger partial charge is 0.361 e. The fourth-order valence-electron chi connectivity index (χ4n) is 2.52. The predicted octanol–water partition coefficient (Wildman–Crippen LogP) is 3.12. The fourth-order valence-corrected chi connectivity index (χ4v) is 2.52. The molecule has 0 amide bonds. The number of nitrogens with one attached hydrogen (secondary N) is 2. The van der Waals surface area contributed by atoms with Gasteiger partial charge >= 0.3 is 0 Å². The van der Waals surface area contributed by atoms with Crippen LogP contribution in [0.15, 0.2) is 24.4 Å². The highest BCUT2D eigenvalue weighted by atomic mass is 19.1. The molecule has 0 aliphatic carbocycles. The van der Waals surface area contributed by atoms with Gasteiger partial charge in [0.05, 0.1) is 0 Å². The standard InChI is InChI=1S/C13H15FN2/c14-9-4-5-13-10(7-9)11(8-16-13)12-3-1-2-6-15-12/h4-5,7-8,12,15-16H,1-3,6H2. The minimum Gasteiger partial charge on any atom is -0.361 e. The van der Waals surface area contributed by atoms with Crippen LogP contribution in [-0.4, -0.2) is 11.5 Å². The van der Waals surface area contributed by atoms with Gasteiger partial charge in [0.25, 0.3) is 0 Å². The summed E-state index contributed by atoms with van der Waals surface area (Å²) >= 11 is 0. The smallest absolute Gasteiger partial charge is 0.123 e. The number of rotatable bonds is 1. The monoisotopic (exact) mass is 218 g/mol. The Morgan fingerprint density at radius 3 is 3.00 bits per heavy atom. The normalized spacial score (nSPS) is 21.4. The molecule has 2 heterocycles. The highest BCUT2D eigenvalue weighted by Crippen LogP contribution is 2.29. The Labute approximate surface area is 93.9 Å². The molecule has 1 unspecified atom stereocenters. The van der Waals surface area contributed by atoms with Crippen LogP contribution in [0.3, 0.4) is 0 Å². The first-order valence-corrected chi connectivity index (χ1v) is 5.84. The molecule has 0 saturated carbocycles. The van der Waals surface area contributed by atoms with Crippen molar-refractivity contribution in [2.24, 2.45) is 0 Å². The molecule has 0 radical (unpaired) electrons. The van der Waals surface area contributed by atoms with Gasteiger partial charge in [-0.05, 0) is 43.1 Å². The molecule has 1 fully saturated rings. The number of hydrogen-bond donors (Lipinski definition) is 2. The third kappa shape index (κ3) is 1.61. The van der Waals surface area contributed by atoms with Gasteiger partial charge in [-0.3, -0.25) is 0 Å². The first-order chi connectivity index (χ1) is 7.84. The van der Waals surface area contributed by atoms with Crippen LogP contribution < -0.4 is 5.32 Å². The van der Waals surface area contributed by atoms with Crippen LogP contribution in [0.25, 0.3) is 10.9 Å². The van der Waals surface area contributed by atoms with E-state index in [1.807, 2.05) is 6.20 Å². The zero-order valence-corrected chi connectivity index (χ0v) is 9.09. The van der Waals surface area contributed by atoms with Crippen molar-refractivity contribution < 1.29 is 4.39 Å². The lowest BCUT2D eigenvalue weighted by Gasteiger charge is -2.23. The third-order valence-corrected chi connectivity index (χ3v) is 3.36. The molecule has 1 aromatic carbocycles. The Morgan fingerprint density at radius 2 is 2.19 bits per heavy atom. The summed E-state index contributed by atoms with van der Waals surface area (Å²) in [6.07, 6.45) is 5.64. The maximum absolute atomic E-state index is 13.2. The number of benzene rings is 1. The molecule has 1 atom stereocenters. The highest BCUT2D eigenvalue weighted by Gasteiger charge is 2.18. The van der Waals surface area contributed by atoms with E-state index in [-0.39, 0.29) is 5.82 Å². The molecule has 2 N–H and O–H groups in total. The van der Waals surface area contributed by atoms with E-state index in [2.05, 4.69) is 10.3 Å². The molecule has 1 saturated heterocycles. The Morgan fingerprint density at radius 1 is 1.25 bits per heavy atom. The zero-order valence-electron chi connectivity index (χ0n) is 9.09. The highest BCUT2D eigenvalue weighted by molar-refractivity contribution is 5.83. The first-order valence-electron chi connectivity index (χ1n) is 5.84. The number of piperidine rings is 1. The topological polar surface area (TPSA) is 27.8 Å². The zero-order chi connectivity index (χ0) is 11.0. The molecule has 0 spiro atoms. The lowest BCUT2D eigenvalue weighted by molar-refractivity contribution is 0.414. The van der Waals surface area contributed by atoms with Crippen LogP contribution in [0.4, 0.5) is 4.39 Å². The lowest BCUT2D eigenvalue weighted by atomic mass is 9.97. The Hall–Kier alpha value is -1.35. The van der Waals surface area contributed by atoms with Crippen molar-refractivity contribution in [1.82, 2.24) is 10.3 Å². The van der Waals surface area contributed by atoms with Gasteiger partial charge in [-0.25, -0.2) is 4.39 Å². The van der Waals surface area contributed by atoms with Crippen molar-refractivity contribution in [3.05, 3.63) is 35.8 Å². The molecule has 16 heavy (non-hydrogen) atoms. The maximum atomic E-state index is 13.2. The number of aromatic amines is 1. The molecular weight excluding hydrogens is 203 g/mol. The van der Waals surface area contributed by atoms with Crippen molar-refractivity contribution in [3.63, 3.8) is 0 Å². The van der Waals surface area contributed by atoms with Crippen molar-refractivity contribution in [2.45, 2.75) is 25.3 Å². The lowest BCUT2D eigenvalue weighted by Crippen LogP contribution is -2.26. The van der Waals surface area contributed by atoms with Crippen LogP contribution in [-0.2, 0) is 0 Å². The summed E-state index contributed by atoms with van der Waals surface area (Å²) in [5, 5.41) is 4.50. The second-order valence-corrected chi connectivity index (χ2v) is 4.44. The van der Waals surface area contributed by atoms with E-state index in [0.29, 0.717) is 6.04 Å².